The van der Waals surface area contributed by atoms with Crippen molar-refractivity contribution in [1.82, 2.24) is 5.32 Å². The molecule has 186 valence electrons. The maximum atomic E-state index is 13.4. The van der Waals surface area contributed by atoms with E-state index in [1.807, 2.05) is 6.07 Å². The van der Waals surface area contributed by atoms with E-state index in [1.54, 1.807) is 11.8 Å². The maximum absolute atomic E-state index is 13.4. The fourth-order valence-electron chi connectivity index (χ4n) is 3.38. The van der Waals surface area contributed by atoms with E-state index >= 15 is 0 Å². The lowest BCUT2D eigenvalue weighted by Crippen LogP contribution is -2.41. The van der Waals surface area contributed by atoms with E-state index in [4.69, 9.17) is 4.74 Å². The number of amides is 1. The van der Waals surface area contributed by atoms with Gasteiger partial charge >= 0.3 is 0 Å². The number of benzene rings is 3. The highest BCUT2D eigenvalue weighted by atomic mass is 32.2. The minimum absolute atomic E-state index is 0.00275. The molecule has 0 saturated carbocycles. The molecule has 35 heavy (non-hydrogen) atoms. The lowest BCUT2D eigenvalue weighted by Gasteiger charge is -2.24. The molecule has 0 aliphatic carbocycles. The van der Waals surface area contributed by atoms with E-state index in [0.29, 0.717) is 12.3 Å². The highest BCUT2D eigenvalue weighted by molar-refractivity contribution is 7.98. The van der Waals surface area contributed by atoms with Crippen LogP contribution in [0.1, 0.15) is 17.5 Å². The number of sulfonamides is 1. The first kappa shape index (κ1) is 26.6. The number of ether oxygens (including phenoxy) is 1. The number of carbonyl (C=O) groups is 1. The lowest BCUT2D eigenvalue weighted by molar-refractivity contribution is -0.119. The first-order chi connectivity index (χ1) is 16.8. The van der Waals surface area contributed by atoms with Crippen LogP contribution in [0.15, 0.2) is 77.7 Å². The number of methoxy groups -OCH3 is 1. The second-order valence-corrected chi connectivity index (χ2v) is 10.9. The molecule has 6 nitrogen and oxygen atoms in total. The Balaban J connectivity index is 1.59. The SMILES string of the molecule is COc1ccc(S(=O)(=O)N(CC(=O)NCCCSCc2cccc(C)c2)c2ccc(F)cc2)cc1. The van der Waals surface area contributed by atoms with Gasteiger partial charge in [0, 0.05) is 12.3 Å². The number of hydrogen-bond donors (Lipinski definition) is 1. The number of thioether (sulfide) groups is 1. The van der Waals surface area contributed by atoms with Crippen molar-refractivity contribution < 1.29 is 22.3 Å². The maximum Gasteiger partial charge on any atom is 0.264 e. The summed E-state index contributed by atoms with van der Waals surface area (Å²) in [5.74, 6) is 1.34. The molecule has 1 N–H and O–H groups in total. The Bertz CT molecular complexity index is 1220. The highest BCUT2D eigenvalue weighted by Crippen LogP contribution is 2.25. The summed E-state index contributed by atoms with van der Waals surface area (Å²) in [6.07, 6.45) is 0.754. The van der Waals surface area contributed by atoms with Crippen molar-refractivity contribution in [2.24, 2.45) is 0 Å². The third kappa shape index (κ3) is 7.73. The number of anilines is 1. The van der Waals surface area contributed by atoms with Crippen LogP contribution in [0.5, 0.6) is 5.75 Å². The average molecular weight is 517 g/mol. The summed E-state index contributed by atoms with van der Waals surface area (Å²) >= 11 is 1.78. The van der Waals surface area contributed by atoms with Gasteiger partial charge in [-0.1, -0.05) is 29.8 Å². The van der Waals surface area contributed by atoms with Crippen LogP contribution >= 0.6 is 11.8 Å². The van der Waals surface area contributed by atoms with Crippen LogP contribution in [0.2, 0.25) is 0 Å². The molecule has 0 spiro atoms. The standard InChI is InChI=1S/C26H29FN2O4S2/c1-20-5-3-6-21(17-20)19-34-16-4-15-28-26(30)18-29(23-9-7-22(27)8-10-23)35(31,32)25-13-11-24(33-2)12-14-25/h3,5-14,17H,4,15-16,18-19H2,1-2H3,(H,28,30). The van der Waals surface area contributed by atoms with Gasteiger partial charge in [-0.05, 0) is 73.2 Å². The number of aryl methyl sites for hydroxylation is 1. The zero-order chi connectivity index (χ0) is 25.3. The van der Waals surface area contributed by atoms with E-state index in [-0.39, 0.29) is 10.6 Å². The molecular weight excluding hydrogens is 487 g/mol. The number of hydrogen-bond acceptors (Lipinski definition) is 5. The van der Waals surface area contributed by atoms with Crippen molar-refractivity contribution in [1.29, 1.82) is 0 Å². The van der Waals surface area contributed by atoms with Gasteiger partial charge in [-0.15, -0.1) is 0 Å². The highest BCUT2D eigenvalue weighted by Gasteiger charge is 2.27. The lowest BCUT2D eigenvalue weighted by atomic mass is 10.2. The zero-order valence-corrected chi connectivity index (χ0v) is 21.4. The van der Waals surface area contributed by atoms with E-state index in [0.717, 1.165) is 34.4 Å². The summed E-state index contributed by atoms with van der Waals surface area (Å²) in [7, 11) is -2.58. The molecule has 0 unspecified atom stereocenters. The Kier molecular flexibility index (Phi) is 9.56. The topological polar surface area (TPSA) is 75.7 Å². The van der Waals surface area contributed by atoms with Crippen molar-refractivity contribution in [3.63, 3.8) is 0 Å². The molecular formula is C26H29FN2O4S2. The van der Waals surface area contributed by atoms with Gasteiger partial charge in [0.1, 0.15) is 18.1 Å². The van der Waals surface area contributed by atoms with Crippen LogP contribution in [0, 0.1) is 12.7 Å². The number of halogens is 1. The number of carbonyl (C=O) groups excluding carboxylic acids is 1. The zero-order valence-electron chi connectivity index (χ0n) is 19.7. The molecule has 0 saturated heterocycles. The van der Waals surface area contributed by atoms with Gasteiger partial charge in [-0.2, -0.15) is 11.8 Å². The summed E-state index contributed by atoms with van der Waals surface area (Å²) in [6, 6.07) is 19.2. The third-order valence-electron chi connectivity index (χ3n) is 5.19. The second-order valence-electron chi connectivity index (χ2n) is 7.91. The molecule has 0 atom stereocenters. The fraction of sp³-hybridized carbons (Fsp3) is 0.269. The molecule has 0 aliphatic heterocycles. The molecule has 3 aromatic rings. The van der Waals surface area contributed by atoms with Gasteiger partial charge in [-0.25, -0.2) is 12.8 Å². The predicted octanol–water partition coefficient (Wildman–Crippen LogP) is 4.78. The van der Waals surface area contributed by atoms with E-state index < -0.39 is 28.3 Å². The van der Waals surface area contributed by atoms with Crippen molar-refractivity contribution in [2.75, 3.05) is 30.3 Å². The Morgan fingerprint density at radius 2 is 1.77 bits per heavy atom. The molecule has 0 radical (unpaired) electrons. The van der Waals surface area contributed by atoms with Gasteiger partial charge in [0.15, 0.2) is 0 Å². The quantitative estimate of drug-likeness (QED) is 0.351. The molecule has 0 aromatic heterocycles. The third-order valence-corrected chi connectivity index (χ3v) is 8.09. The van der Waals surface area contributed by atoms with E-state index in [1.165, 1.54) is 54.6 Å². The minimum Gasteiger partial charge on any atom is -0.497 e. The summed E-state index contributed by atoms with van der Waals surface area (Å²) in [5, 5.41) is 2.79. The Hall–Kier alpha value is -3.04. The van der Waals surface area contributed by atoms with E-state index in [9.17, 15) is 17.6 Å². The van der Waals surface area contributed by atoms with Crippen LogP contribution in [0.3, 0.4) is 0 Å². The Morgan fingerprint density at radius 1 is 1.06 bits per heavy atom. The Labute approximate surface area is 210 Å². The molecule has 1 amide bonds. The number of nitrogens with zero attached hydrogens (tertiary/aromatic N) is 1. The summed E-state index contributed by atoms with van der Waals surface area (Å²) < 4.78 is 46.2. The van der Waals surface area contributed by atoms with Crippen LogP contribution in [0.4, 0.5) is 10.1 Å². The predicted molar refractivity (Wildman–Crippen MR) is 139 cm³/mol. The molecule has 3 aromatic carbocycles. The average Bonchev–Trinajstić information content (AvgIpc) is 2.85. The van der Waals surface area contributed by atoms with Crippen molar-refractivity contribution in [3.05, 3.63) is 89.7 Å². The largest absolute Gasteiger partial charge is 0.497 e. The molecule has 3 rings (SSSR count). The van der Waals surface area contributed by atoms with Crippen molar-refractivity contribution in [3.8, 4) is 5.75 Å². The first-order valence-electron chi connectivity index (χ1n) is 11.1. The summed E-state index contributed by atoms with van der Waals surface area (Å²) in [6.45, 7) is 2.07. The van der Waals surface area contributed by atoms with Crippen LogP contribution in [-0.2, 0) is 20.6 Å². The monoisotopic (exact) mass is 516 g/mol. The summed E-state index contributed by atoms with van der Waals surface area (Å²) in [4.78, 5) is 12.6. The van der Waals surface area contributed by atoms with Crippen molar-refractivity contribution >= 4 is 33.4 Å². The van der Waals surface area contributed by atoms with Crippen molar-refractivity contribution in [2.45, 2.75) is 24.0 Å². The molecule has 0 bridgehead atoms. The first-order valence-corrected chi connectivity index (χ1v) is 13.7. The van der Waals surface area contributed by atoms with Gasteiger partial charge in [-0.3, -0.25) is 9.10 Å². The van der Waals surface area contributed by atoms with Gasteiger partial charge in [0.25, 0.3) is 10.0 Å². The summed E-state index contributed by atoms with van der Waals surface area (Å²) in [5.41, 5.74) is 2.69. The van der Waals surface area contributed by atoms with Gasteiger partial charge < -0.3 is 10.1 Å². The number of nitrogens with one attached hydrogen (secondary N) is 1. The molecule has 9 heteroatoms. The van der Waals surface area contributed by atoms with E-state index in [2.05, 4.69) is 30.4 Å². The fourth-order valence-corrected chi connectivity index (χ4v) is 5.71. The van der Waals surface area contributed by atoms with Crippen LogP contribution in [-0.4, -0.2) is 40.3 Å². The van der Waals surface area contributed by atoms with Gasteiger partial charge in [0.05, 0.1) is 17.7 Å². The smallest absolute Gasteiger partial charge is 0.264 e. The number of rotatable bonds is 12. The van der Waals surface area contributed by atoms with Crippen LogP contribution in [0.25, 0.3) is 0 Å². The molecule has 0 aliphatic rings. The van der Waals surface area contributed by atoms with Crippen LogP contribution < -0.4 is 14.4 Å². The van der Waals surface area contributed by atoms with Gasteiger partial charge in [0.2, 0.25) is 5.91 Å². The normalized spacial score (nSPS) is 11.2. The molecule has 0 heterocycles. The Morgan fingerprint density at radius 3 is 2.43 bits per heavy atom. The second kappa shape index (κ2) is 12.6. The minimum atomic E-state index is -4.07. The molecule has 0 fully saturated rings.